The Bertz CT molecular complexity index is 443. The van der Waals surface area contributed by atoms with Crippen molar-refractivity contribution in [3.63, 3.8) is 0 Å². The SMILES string of the molecule is CCCC1CCC(N)C(Sc2nnnn2C2CCCC2)C1. The minimum absolute atomic E-state index is 0.289. The zero-order valence-corrected chi connectivity index (χ0v) is 13.8. The van der Waals surface area contributed by atoms with Gasteiger partial charge in [-0.15, -0.1) is 5.10 Å². The summed E-state index contributed by atoms with van der Waals surface area (Å²) >= 11 is 1.82. The highest BCUT2D eigenvalue weighted by atomic mass is 32.2. The minimum atomic E-state index is 0.289. The lowest BCUT2D eigenvalue weighted by atomic mass is 9.83. The molecule has 0 saturated heterocycles. The number of thioether (sulfide) groups is 1. The second-order valence-electron chi connectivity index (χ2n) is 6.63. The molecule has 3 atom stereocenters. The molecule has 0 bridgehead atoms. The van der Waals surface area contributed by atoms with Crippen molar-refractivity contribution in [2.45, 2.75) is 87.2 Å². The number of hydrogen-bond acceptors (Lipinski definition) is 5. The summed E-state index contributed by atoms with van der Waals surface area (Å²) in [4.78, 5) is 0. The maximum Gasteiger partial charge on any atom is 0.209 e. The van der Waals surface area contributed by atoms with Crippen LogP contribution in [0.15, 0.2) is 5.16 Å². The highest BCUT2D eigenvalue weighted by Crippen LogP contribution is 2.38. The molecule has 5 nitrogen and oxygen atoms in total. The van der Waals surface area contributed by atoms with E-state index in [0.29, 0.717) is 11.3 Å². The van der Waals surface area contributed by atoms with E-state index in [-0.39, 0.29) is 6.04 Å². The van der Waals surface area contributed by atoms with Gasteiger partial charge in [0.25, 0.3) is 0 Å². The summed E-state index contributed by atoms with van der Waals surface area (Å²) in [5.41, 5.74) is 6.36. The number of aromatic nitrogens is 4. The maximum absolute atomic E-state index is 6.36. The Morgan fingerprint density at radius 1 is 1.24 bits per heavy atom. The highest BCUT2D eigenvalue weighted by molar-refractivity contribution is 7.99. The van der Waals surface area contributed by atoms with Gasteiger partial charge in [0.2, 0.25) is 5.16 Å². The van der Waals surface area contributed by atoms with Gasteiger partial charge in [0.1, 0.15) is 0 Å². The van der Waals surface area contributed by atoms with Crippen LogP contribution in [0.1, 0.15) is 70.8 Å². The standard InChI is InChI=1S/C15H27N5S/c1-2-5-11-8-9-13(16)14(10-11)21-15-17-18-19-20(15)12-6-3-4-7-12/h11-14H,2-10,16H2,1H3. The number of tetrazole rings is 1. The molecule has 1 aromatic heterocycles. The summed E-state index contributed by atoms with van der Waals surface area (Å²) < 4.78 is 2.06. The van der Waals surface area contributed by atoms with Gasteiger partial charge in [-0.1, -0.05) is 44.4 Å². The average Bonchev–Trinajstić information content (AvgIpc) is 3.13. The minimum Gasteiger partial charge on any atom is -0.327 e. The highest BCUT2D eigenvalue weighted by Gasteiger charge is 2.31. The first kappa shape index (κ1) is 15.3. The first-order valence-electron chi connectivity index (χ1n) is 8.48. The van der Waals surface area contributed by atoms with Crippen molar-refractivity contribution in [2.24, 2.45) is 11.7 Å². The van der Waals surface area contributed by atoms with Gasteiger partial charge in [-0.3, -0.25) is 0 Å². The Morgan fingerprint density at radius 3 is 2.81 bits per heavy atom. The average molecular weight is 309 g/mol. The Morgan fingerprint density at radius 2 is 2.05 bits per heavy atom. The zero-order chi connectivity index (χ0) is 14.7. The molecule has 0 aromatic carbocycles. The van der Waals surface area contributed by atoms with Crippen molar-refractivity contribution in [1.29, 1.82) is 0 Å². The fourth-order valence-electron chi connectivity index (χ4n) is 3.82. The molecule has 2 aliphatic rings. The van der Waals surface area contributed by atoms with E-state index >= 15 is 0 Å². The van der Waals surface area contributed by atoms with E-state index < -0.39 is 0 Å². The van der Waals surface area contributed by atoms with Gasteiger partial charge in [0.15, 0.2) is 0 Å². The van der Waals surface area contributed by atoms with Gasteiger partial charge in [-0.25, -0.2) is 4.68 Å². The Kier molecular flexibility index (Phi) is 5.16. The van der Waals surface area contributed by atoms with E-state index in [1.165, 1.54) is 51.4 Å². The molecule has 21 heavy (non-hydrogen) atoms. The van der Waals surface area contributed by atoms with E-state index in [1.807, 2.05) is 11.8 Å². The summed E-state index contributed by atoms with van der Waals surface area (Å²) in [6.45, 7) is 2.28. The molecule has 2 N–H and O–H groups in total. The van der Waals surface area contributed by atoms with Crippen LogP contribution in [0.3, 0.4) is 0 Å². The lowest BCUT2D eigenvalue weighted by Gasteiger charge is -2.33. The van der Waals surface area contributed by atoms with E-state index in [4.69, 9.17) is 5.73 Å². The molecule has 2 fully saturated rings. The largest absolute Gasteiger partial charge is 0.327 e. The summed E-state index contributed by atoms with van der Waals surface area (Å²) in [6, 6.07) is 0.797. The Hall–Kier alpha value is -0.620. The quantitative estimate of drug-likeness (QED) is 0.904. The Balaban J connectivity index is 1.66. The second kappa shape index (κ2) is 7.09. The smallest absolute Gasteiger partial charge is 0.209 e. The van der Waals surface area contributed by atoms with E-state index in [0.717, 1.165) is 17.5 Å². The third-order valence-electron chi connectivity index (χ3n) is 5.04. The molecule has 2 aliphatic carbocycles. The fourth-order valence-corrected chi connectivity index (χ4v) is 5.14. The lowest BCUT2D eigenvalue weighted by Crippen LogP contribution is -2.38. The molecule has 6 heteroatoms. The van der Waals surface area contributed by atoms with Crippen LogP contribution >= 0.6 is 11.8 Å². The molecule has 0 spiro atoms. The number of hydrogen-bond donors (Lipinski definition) is 1. The van der Waals surface area contributed by atoms with Crippen molar-refractivity contribution in [3.05, 3.63) is 0 Å². The van der Waals surface area contributed by atoms with Gasteiger partial charge in [0.05, 0.1) is 6.04 Å². The number of rotatable bonds is 5. The fraction of sp³-hybridized carbons (Fsp3) is 0.933. The van der Waals surface area contributed by atoms with Crippen molar-refractivity contribution in [1.82, 2.24) is 20.2 Å². The summed E-state index contributed by atoms with van der Waals surface area (Å²) in [5.74, 6) is 0.836. The second-order valence-corrected chi connectivity index (χ2v) is 7.84. The summed E-state index contributed by atoms with van der Waals surface area (Å²) in [6.07, 6.45) is 11.3. The number of nitrogens with two attached hydrogens (primary N) is 1. The summed E-state index contributed by atoms with van der Waals surface area (Å²) in [7, 11) is 0. The molecule has 0 aliphatic heterocycles. The molecule has 0 amide bonds. The van der Waals surface area contributed by atoms with E-state index in [1.54, 1.807) is 0 Å². The van der Waals surface area contributed by atoms with Crippen molar-refractivity contribution in [3.8, 4) is 0 Å². The van der Waals surface area contributed by atoms with Gasteiger partial charge in [-0.2, -0.15) is 0 Å². The van der Waals surface area contributed by atoms with E-state index in [2.05, 4.69) is 27.1 Å². The topological polar surface area (TPSA) is 69.6 Å². The third-order valence-corrected chi connectivity index (χ3v) is 6.36. The van der Waals surface area contributed by atoms with Crippen LogP contribution in [0.2, 0.25) is 0 Å². The molecule has 3 unspecified atom stereocenters. The van der Waals surface area contributed by atoms with Crippen LogP contribution in [0.25, 0.3) is 0 Å². The van der Waals surface area contributed by atoms with Crippen LogP contribution < -0.4 is 5.73 Å². The maximum atomic E-state index is 6.36. The van der Waals surface area contributed by atoms with Crippen molar-refractivity contribution < 1.29 is 0 Å². The monoisotopic (exact) mass is 309 g/mol. The molecule has 1 aromatic rings. The molecule has 0 radical (unpaired) electrons. The van der Waals surface area contributed by atoms with Crippen molar-refractivity contribution in [2.75, 3.05) is 0 Å². The molecular weight excluding hydrogens is 282 g/mol. The van der Waals surface area contributed by atoms with Crippen LogP contribution in [-0.4, -0.2) is 31.5 Å². The van der Waals surface area contributed by atoms with Gasteiger partial charge >= 0.3 is 0 Å². The zero-order valence-electron chi connectivity index (χ0n) is 12.9. The molecule has 3 rings (SSSR count). The van der Waals surface area contributed by atoms with Gasteiger partial charge in [-0.05, 0) is 48.4 Å². The van der Waals surface area contributed by atoms with Gasteiger partial charge < -0.3 is 5.73 Å². The predicted molar refractivity (Wildman–Crippen MR) is 85.2 cm³/mol. The lowest BCUT2D eigenvalue weighted by molar-refractivity contribution is 0.316. The van der Waals surface area contributed by atoms with Crippen LogP contribution in [-0.2, 0) is 0 Å². The van der Waals surface area contributed by atoms with Crippen molar-refractivity contribution >= 4 is 11.8 Å². The molecule has 118 valence electrons. The first-order chi connectivity index (χ1) is 10.3. The normalized spacial score (nSPS) is 30.9. The van der Waals surface area contributed by atoms with Crippen LogP contribution in [0, 0.1) is 5.92 Å². The molecular formula is C15H27N5S. The predicted octanol–water partition coefficient (Wildman–Crippen LogP) is 3.18. The molecule has 1 heterocycles. The molecule has 2 saturated carbocycles. The van der Waals surface area contributed by atoms with Gasteiger partial charge in [0, 0.05) is 11.3 Å². The van der Waals surface area contributed by atoms with Crippen LogP contribution in [0.4, 0.5) is 0 Å². The van der Waals surface area contributed by atoms with E-state index in [9.17, 15) is 0 Å². The summed E-state index contributed by atoms with van der Waals surface area (Å²) in [5, 5.41) is 13.9. The van der Waals surface area contributed by atoms with Crippen LogP contribution in [0.5, 0.6) is 0 Å². The Labute approximate surface area is 131 Å². The number of nitrogens with zero attached hydrogens (tertiary/aromatic N) is 4. The third kappa shape index (κ3) is 3.59. The first-order valence-corrected chi connectivity index (χ1v) is 9.36.